The van der Waals surface area contributed by atoms with E-state index in [0.29, 0.717) is 17.5 Å². The van der Waals surface area contributed by atoms with Gasteiger partial charge in [0, 0.05) is 23.7 Å². The first kappa shape index (κ1) is 20.8. The number of carbonyl (C=O) groups excluding carboxylic acids is 1. The minimum Gasteiger partial charge on any atom is -0.484 e. The minimum absolute atomic E-state index is 0. The zero-order chi connectivity index (χ0) is 18.0. The summed E-state index contributed by atoms with van der Waals surface area (Å²) in [6.45, 7) is -1.35. The SMILES string of the molecule is Cl.NC1C2CCCC1CC(C(=O)Nc1cccc(OCC(F)(F)F)c1)C2. The highest BCUT2D eigenvalue weighted by Gasteiger charge is 2.40. The standard InChI is InChI=1S/C18H23F3N2O2.ClH/c19-18(20,21)10-25-15-6-2-5-14(9-15)23-17(24)13-7-11-3-1-4-12(8-13)16(11)22;/h2,5-6,9,11-13,16H,1,3-4,7-8,10,22H2,(H,23,24);1H. The first-order valence-electron chi connectivity index (χ1n) is 8.68. The molecular weight excluding hydrogens is 369 g/mol. The van der Waals surface area contributed by atoms with E-state index in [2.05, 4.69) is 5.32 Å². The van der Waals surface area contributed by atoms with Crippen LogP contribution in [0.15, 0.2) is 24.3 Å². The summed E-state index contributed by atoms with van der Waals surface area (Å²) >= 11 is 0. The van der Waals surface area contributed by atoms with Crippen LogP contribution in [0.25, 0.3) is 0 Å². The number of ether oxygens (including phenoxy) is 1. The Bertz CT molecular complexity index is 613. The van der Waals surface area contributed by atoms with Crippen molar-refractivity contribution in [1.82, 2.24) is 0 Å². The van der Waals surface area contributed by atoms with Crippen molar-refractivity contribution in [3.05, 3.63) is 24.3 Å². The maximum atomic E-state index is 12.6. The summed E-state index contributed by atoms with van der Waals surface area (Å²) in [7, 11) is 0. The van der Waals surface area contributed by atoms with Gasteiger partial charge in [0.25, 0.3) is 0 Å². The molecule has 146 valence electrons. The molecule has 2 aliphatic rings. The summed E-state index contributed by atoms with van der Waals surface area (Å²) in [4.78, 5) is 12.6. The Labute approximate surface area is 157 Å². The van der Waals surface area contributed by atoms with E-state index in [9.17, 15) is 18.0 Å². The Hall–Kier alpha value is -1.47. The van der Waals surface area contributed by atoms with Crippen molar-refractivity contribution in [2.24, 2.45) is 23.5 Å². The van der Waals surface area contributed by atoms with Crippen LogP contribution in [0, 0.1) is 17.8 Å². The third-order valence-electron chi connectivity index (χ3n) is 5.29. The smallest absolute Gasteiger partial charge is 0.422 e. The first-order valence-corrected chi connectivity index (χ1v) is 8.68. The van der Waals surface area contributed by atoms with Gasteiger partial charge in [-0.3, -0.25) is 4.79 Å². The summed E-state index contributed by atoms with van der Waals surface area (Å²) < 4.78 is 41.4. The van der Waals surface area contributed by atoms with Crippen molar-refractivity contribution in [2.45, 2.75) is 44.3 Å². The Morgan fingerprint density at radius 2 is 1.88 bits per heavy atom. The number of fused-ring (bicyclic) bond motifs is 2. The number of hydrogen-bond donors (Lipinski definition) is 2. The van der Waals surface area contributed by atoms with Crippen molar-refractivity contribution in [3.63, 3.8) is 0 Å². The molecule has 0 aliphatic heterocycles. The Kier molecular flexibility index (Phi) is 6.80. The Balaban J connectivity index is 0.00000243. The second kappa shape index (κ2) is 8.48. The summed E-state index contributed by atoms with van der Waals surface area (Å²) in [5.41, 5.74) is 6.70. The van der Waals surface area contributed by atoms with E-state index in [1.54, 1.807) is 12.1 Å². The van der Waals surface area contributed by atoms with Crippen LogP contribution < -0.4 is 15.8 Å². The topological polar surface area (TPSA) is 64.4 Å². The van der Waals surface area contributed by atoms with Crippen LogP contribution in [0.1, 0.15) is 32.1 Å². The lowest BCUT2D eigenvalue weighted by Gasteiger charge is -2.43. The van der Waals surface area contributed by atoms with E-state index < -0.39 is 12.8 Å². The van der Waals surface area contributed by atoms with Gasteiger partial charge in [-0.1, -0.05) is 12.5 Å². The molecule has 26 heavy (non-hydrogen) atoms. The van der Waals surface area contributed by atoms with Crippen molar-refractivity contribution in [3.8, 4) is 5.75 Å². The molecule has 0 radical (unpaired) electrons. The summed E-state index contributed by atoms with van der Waals surface area (Å²) in [6, 6.07) is 6.25. The van der Waals surface area contributed by atoms with Crippen molar-refractivity contribution in [1.29, 1.82) is 0 Å². The number of halogens is 4. The average molecular weight is 393 g/mol. The van der Waals surface area contributed by atoms with Gasteiger partial charge in [0.1, 0.15) is 5.75 Å². The van der Waals surface area contributed by atoms with E-state index in [-0.39, 0.29) is 36.0 Å². The molecule has 2 saturated carbocycles. The fourth-order valence-electron chi connectivity index (χ4n) is 4.08. The molecule has 3 rings (SSSR count). The monoisotopic (exact) mass is 392 g/mol. The third-order valence-corrected chi connectivity index (χ3v) is 5.29. The number of nitrogens with one attached hydrogen (secondary N) is 1. The average Bonchev–Trinajstić information content (AvgIpc) is 2.52. The highest BCUT2D eigenvalue weighted by molar-refractivity contribution is 5.92. The fourth-order valence-corrected chi connectivity index (χ4v) is 4.08. The normalized spacial score (nSPS) is 28.0. The molecule has 8 heteroatoms. The lowest BCUT2D eigenvalue weighted by molar-refractivity contribution is -0.153. The molecule has 4 nitrogen and oxygen atoms in total. The van der Waals surface area contributed by atoms with E-state index in [1.807, 2.05) is 0 Å². The zero-order valence-corrected chi connectivity index (χ0v) is 15.1. The zero-order valence-electron chi connectivity index (χ0n) is 14.3. The summed E-state index contributed by atoms with van der Waals surface area (Å²) in [5, 5.41) is 2.81. The van der Waals surface area contributed by atoms with Crippen LogP contribution in [0.5, 0.6) is 5.75 Å². The molecule has 2 aliphatic carbocycles. The quantitative estimate of drug-likeness (QED) is 0.809. The van der Waals surface area contributed by atoms with Gasteiger partial charge >= 0.3 is 6.18 Å². The fraction of sp³-hybridized carbons (Fsp3) is 0.611. The number of benzene rings is 1. The number of alkyl halides is 3. The van der Waals surface area contributed by atoms with Crippen molar-refractivity contribution >= 4 is 24.0 Å². The van der Waals surface area contributed by atoms with Crippen molar-refractivity contribution < 1.29 is 22.7 Å². The molecular formula is C18H24ClF3N2O2. The number of anilines is 1. The number of hydrogen-bond acceptors (Lipinski definition) is 3. The summed E-state index contributed by atoms with van der Waals surface area (Å²) in [5.74, 6) is 0.693. The highest BCUT2D eigenvalue weighted by Crippen LogP contribution is 2.42. The predicted octanol–water partition coefficient (Wildman–Crippen LogP) is 4.14. The van der Waals surface area contributed by atoms with E-state index in [1.165, 1.54) is 18.6 Å². The maximum Gasteiger partial charge on any atom is 0.422 e. The molecule has 1 amide bonds. The molecule has 1 aromatic carbocycles. The number of rotatable bonds is 4. The van der Waals surface area contributed by atoms with Gasteiger partial charge in [0.2, 0.25) is 5.91 Å². The molecule has 0 spiro atoms. The maximum absolute atomic E-state index is 12.6. The second-order valence-corrected chi connectivity index (χ2v) is 7.12. The Morgan fingerprint density at radius 1 is 1.23 bits per heavy atom. The van der Waals surface area contributed by atoms with Gasteiger partial charge in [0.15, 0.2) is 6.61 Å². The molecule has 2 unspecified atom stereocenters. The van der Waals surface area contributed by atoms with Gasteiger partial charge in [-0.2, -0.15) is 13.2 Å². The van der Waals surface area contributed by atoms with Gasteiger partial charge in [-0.05, 0) is 49.7 Å². The molecule has 0 saturated heterocycles. The highest BCUT2D eigenvalue weighted by atomic mass is 35.5. The third kappa shape index (κ3) is 5.27. The first-order chi connectivity index (χ1) is 11.8. The van der Waals surface area contributed by atoms with E-state index >= 15 is 0 Å². The summed E-state index contributed by atoms with van der Waals surface area (Å²) in [6.07, 6.45) is 0.500. The van der Waals surface area contributed by atoms with Gasteiger partial charge in [-0.25, -0.2) is 0 Å². The molecule has 2 fully saturated rings. The predicted molar refractivity (Wildman–Crippen MR) is 95.4 cm³/mol. The number of carbonyl (C=O) groups is 1. The molecule has 2 bridgehead atoms. The number of amides is 1. The molecule has 0 aromatic heterocycles. The van der Waals surface area contributed by atoms with Crippen LogP contribution in [-0.2, 0) is 4.79 Å². The minimum atomic E-state index is -4.39. The van der Waals surface area contributed by atoms with Crippen LogP contribution in [0.3, 0.4) is 0 Å². The largest absolute Gasteiger partial charge is 0.484 e. The van der Waals surface area contributed by atoms with E-state index in [0.717, 1.165) is 25.7 Å². The van der Waals surface area contributed by atoms with Gasteiger partial charge in [-0.15, -0.1) is 12.4 Å². The lowest BCUT2D eigenvalue weighted by atomic mass is 9.65. The van der Waals surface area contributed by atoms with Crippen LogP contribution >= 0.6 is 12.4 Å². The van der Waals surface area contributed by atoms with Gasteiger partial charge in [0.05, 0.1) is 0 Å². The second-order valence-electron chi connectivity index (χ2n) is 7.12. The molecule has 0 heterocycles. The van der Waals surface area contributed by atoms with Crippen molar-refractivity contribution in [2.75, 3.05) is 11.9 Å². The molecule has 3 N–H and O–H groups in total. The van der Waals surface area contributed by atoms with E-state index in [4.69, 9.17) is 10.5 Å². The van der Waals surface area contributed by atoms with Crippen LogP contribution in [0.2, 0.25) is 0 Å². The number of nitrogens with two attached hydrogens (primary N) is 1. The molecule has 2 atom stereocenters. The van der Waals surface area contributed by atoms with Gasteiger partial charge < -0.3 is 15.8 Å². The van der Waals surface area contributed by atoms with Crippen LogP contribution in [-0.4, -0.2) is 24.7 Å². The van der Waals surface area contributed by atoms with Crippen LogP contribution in [0.4, 0.5) is 18.9 Å². The molecule has 1 aromatic rings. The Morgan fingerprint density at radius 3 is 2.50 bits per heavy atom. The lowest BCUT2D eigenvalue weighted by Crippen LogP contribution is -2.48.